The summed E-state index contributed by atoms with van der Waals surface area (Å²) in [6.07, 6.45) is 1.98. The van der Waals surface area contributed by atoms with Gasteiger partial charge in [-0.2, -0.15) is 0 Å². The Morgan fingerprint density at radius 3 is 2.59 bits per heavy atom. The normalized spacial score (nSPS) is 15.7. The summed E-state index contributed by atoms with van der Waals surface area (Å²) in [7, 11) is 0. The van der Waals surface area contributed by atoms with Gasteiger partial charge >= 0.3 is 0 Å². The van der Waals surface area contributed by atoms with Crippen LogP contribution in [-0.4, -0.2) is 59.5 Å². The van der Waals surface area contributed by atoms with E-state index >= 15 is 0 Å². The number of nitrogens with two attached hydrogens (primary N) is 1. The molecule has 154 valence electrons. The lowest BCUT2D eigenvalue weighted by molar-refractivity contribution is -0.385. The van der Waals surface area contributed by atoms with Crippen molar-refractivity contribution in [2.45, 2.75) is 19.4 Å². The van der Waals surface area contributed by atoms with Crippen LogP contribution in [0, 0.1) is 10.1 Å². The van der Waals surface area contributed by atoms with E-state index in [2.05, 4.69) is 44.4 Å². The summed E-state index contributed by atoms with van der Waals surface area (Å²) in [4.78, 5) is 30.8. The second kappa shape index (κ2) is 9.33. The Kier molecular flexibility index (Phi) is 6.61. The maximum Gasteiger partial charge on any atom is 0.288 e. The van der Waals surface area contributed by atoms with Crippen molar-refractivity contribution in [2.24, 2.45) is 5.73 Å². The molecule has 3 N–H and O–H groups in total. The minimum atomic E-state index is -0.743. The summed E-state index contributed by atoms with van der Waals surface area (Å²) in [5.74, 6) is -0.461. The van der Waals surface area contributed by atoms with Crippen LogP contribution >= 0.6 is 0 Å². The fourth-order valence-electron chi connectivity index (χ4n) is 3.41. The van der Waals surface area contributed by atoms with E-state index in [1.807, 2.05) is 13.0 Å². The molecule has 29 heavy (non-hydrogen) atoms. The molecule has 1 fully saturated rings. The lowest BCUT2D eigenvalue weighted by atomic mass is 10.1. The van der Waals surface area contributed by atoms with Crippen LogP contribution in [-0.2, 0) is 0 Å². The molecule has 1 amide bonds. The standard InChI is InChI=1S/C20H26N6O3/c1-15(23-20-18(19(21)27)13-17(14-22-20)26(28)29)7-8-24-9-11-25(12-10-24)16-5-3-2-4-6-16/h2-6,13-15H,7-12H2,1H3,(H2,21,27)(H,22,23)/t15-/m0/s1. The zero-order valence-corrected chi connectivity index (χ0v) is 16.5. The fourth-order valence-corrected chi connectivity index (χ4v) is 3.41. The monoisotopic (exact) mass is 398 g/mol. The Hall–Kier alpha value is -3.20. The van der Waals surface area contributed by atoms with Gasteiger partial charge in [-0.15, -0.1) is 0 Å². The van der Waals surface area contributed by atoms with Gasteiger partial charge in [0.25, 0.3) is 11.6 Å². The third-order valence-corrected chi connectivity index (χ3v) is 5.10. The number of para-hydroxylation sites is 1. The Balaban J connectivity index is 1.50. The Bertz CT molecular complexity index is 853. The molecule has 9 nitrogen and oxygen atoms in total. The summed E-state index contributed by atoms with van der Waals surface area (Å²) >= 11 is 0. The van der Waals surface area contributed by atoms with Crippen LogP contribution in [0.2, 0.25) is 0 Å². The summed E-state index contributed by atoms with van der Waals surface area (Å²) in [6, 6.07) is 11.6. The molecule has 0 spiro atoms. The maximum absolute atomic E-state index is 11.6. The van der Waals surface area contributed by atoms with Crippen LogP contribution in [0.4, 0.5) is 17.2 Å². The molecule has 0 saturated carbocycles. The molecular formula is C20H26N6O3. The molecular weight excluding hydrogens is 372 g/mol. The second-order valence-corrected chi connectivity index (χ2v) is 7.21. The third kappa shape index (κ3) is 5.41. The molecule has 3 rings (SSSR count). The molecule has 0 bridgehead atoms. The number of amides is 1. The third-order valence-electron chi connectivity index (χ3n) is 5.10. The van der Waals surface area contributed by atoms with Crippen molar-refractivity contribution in [1.29, 1.82) is 0 Å². The zero-order chi connectivity index (χ0) is 20.8. The molecule has 1 saturated heterocycles. The smallest absolute Gasteiger partial charge is 0.288 e. The van der Waals surface area contributed by atoms with Crippen LogP contribution in [0.1, 0.15) is 23.7 Å². The Labute approximate surface area is 169 Å². The van der Waals surface area contributed by atoms with Crippen molar-refractivity contribution in [2.75, 3.05) is 42.9 Å². The number of nitro groups is 1. The topological polar surface area (TPSA) is 118 Å². The van der Waals surface area contributed by atoms with E-state index < -0.39 is 10.8 Å². The number of hydrogen-bond donors (Lipinski definition) is 2. The molecule has 1 aliphatic rings. The maximum atomic E-state index is 11.6. The SMILES string of the molecule is C[C@@H](CCN1CCN(c2ccccc2)CC1)Nc1ncc([N+](=O)[O-])cc1C(N)=O. The Morgan fingerprint density at radius 2 is 1.97 bits per heavy atom. The van der Waals surface area contributed by atoms with Gasteiger partial charge in [0.05, 0.1) is 10.5 Å². The van der Waals surface area contributed by atoms with Crippen molar-refractivity contribution in [3.8, 4) is 0 Å². The molecule has 1 aromatic heterocycles. The van der Waals surface area contributed by atoms with E-state index in [1.165, 1.54) is 5.69 Å². The van der Waals surface area contributed by atoms with E-state index in [4.69, 9.17) is 5.73 Å². The quantitative estimate of drug-likeness (QED) is 0.516. The van der Waals surface area contributed by atoms with Crippen molar-refractivity contribution in [3.63, 3.8) is 0 Å². The van der Waals surface area contributed by atoms with Gasteiger partial charge in [0.2, 0.25) is 0 Å². The number of anilines is 2. The second-order valence-electron chi connectivity index (χ2n) is 7.21. The highest BCUT2D eigenvalue weighted by Gasteiger charge is 2.20. The highest BCUT2D eigenvalue weighted by molar-refractivity contribution is 5.98. The number of benzene rings is 1. The van der Waals surface area contributed by atoms with Crippen molar-refractivity contribution in [3.05, 3.63) is 58.3 Å². The molecule has 0 unspecified atom stereocenters. The van der Waals surface area contributed by atoms with Crippen molar-refractivity contribution >= 4 is 23.1 Å². The first-order valence-electron chi connectivity index (χ1n) is 9.67. The number of pyridine rings is 1. The van der Waals surface area contributed by atoms with Crippen molar-refractivity contribution < 1.29 is 9.72 Å². The molecule has 1 aromatic carbocycles. The molecule has 0 aliphatic carbocycles. The van der Waals surface area contributed by atoms with Gasteiger partial charge in [-0.25, -0.2) is 4.98 Å². The number of hydrogen-bond acceptors (Lipinski definition) is 7. The first-order valence-corrected chi connectivity index (χ1v) is 9.67. The van der Waals surface area contributed by atoms with Crippen LogP contribution < -0.4 is 16.0 Å². The highest BCUT2D eigenvalue weighted by atomic mass is 16.6. The van der Waals surface area contributed by atoms with Gasteiger partial charge in [-0.1, -0.05) is 18.2 Å². The van der Waals surface area contributed by atoms with Crippen LogP contribution in [0.5, 0.6) is 0 Å². The summed E-state index contributed by atoms with van der Waals surface area (Å²) in [5.41, 5.74) is 6.39. The number of primary amides is 1. The number of rotatable bonds is 8. The predicted molar refractivity (Wildman–Crippen MR) is 112 cm³/mol. The van der Waals surface area contributed by atoms with Gasteiger partial charge in [-0.3, -0.25) is 19.8 Å². The van der Waals surface area contributed by atoms with Crippen LogP contribution in [0.3, 0.4) is 0 Å². The van der Waals surface area contributed by atoms with E-state index in [9.17, 15) is 14.9 Å². The van der Waals surface area contributed by atoms with Crippen LogP contribution in [0.15, 0.2) is 42.6 Å². The van der Waals surface area contributed by atoms with E-state index in [-0.39, 0.29) is 23.1 Å². The average Bonchev–Trinajstić information content (AvgIpc) is 2.73. The minimum Gasteiger partial charge on any atom is -0.369 e. The largest absolute Gasteiger partial charge is 0.369 e. The predicted octanol–water partition coefficient (Wildman–Crippen LogP) is 2.10. The number of carbonyl (C=O) groups excluding carboxylic acids is 1. The lowest BCUT2D eigenvalue weighted by Gasteiger charge is -2.36. The lowest BCUT2D eigenvalue weighted by Crippen LogP contribution is -2.47. The Morgan fingerprint density at radius 1 is 1.28 bits per heavy atom. The summed E-state index contributed by atoms with van der Waals surface area (Å²) in [5, 5.41) is 14.0. The number of carbonyl (C=O) groups is 1. The van der Waals surface area contributed by atoms with Crippen molar-refractivity contribution in [1.82, 2.24) is 9.88 Å². The summed E-state index contributed by atoms with van der Waals surface area (Å²) < 4.78 is 0. The molecule has 0 radical (unpaired) electrons. The van der Waals surface area contributed by atoms with E-state index in [0.29, 0.717) is 0 Å². The minimum absolute atomic E-state index is 0.0301. The fraction of sp³-hybridized carbons (Fsp3) is 0.400. The first kappa shape index (κ1) is 20.5. The molecule has 1 aliphatic heterocycles. The number of nitrogens with zero attached hydrogens (tertiary/aromatic N) is 4. The van der Waals surface area contributed by atoms with Gasteiger partial charge in [0.15, 0.2) is 0 Å². The van der Waals surface area contributed by atoms with Gasteiger partial charge in [0.1, 0.15) is 12.0 Å². The number of piperazine rings is 1. The summed E-state index contributed by atoms with van der Waals surface area (Å²) in [6.45, 7) is 6.86. The highest BCUT2D eigenvalue weighted by Crippen LogP contribution is 2.20. The first-order chi connectivity index (χ1) is 13.9. The van der Waals surface area contributed by atoms with Gasteiger partial charge in [0, 0.05) is 50.5 Å². The number of aromatic nitrogens is 1. The molecule has 9 heteroatoms. The van der Waals surface area contributed by atoms with E-state index in [0.717, 1.165) is 51.4 Å². The molecule has 2 aromatic rings. The number of nitrogens with one attached hydrogen (secondary N) is 1. The van der Waals surface area contributed by atoms with E-state index in [1.54, 1.807) is 0 Å². The van der Waals surface area contributed by atoms with Crippen LogP contribution in [0.25, 0.3) is 0 Å². The average molecular weight is 398 g/mol. The van der Waals surface area contributed by atoms with Gasteiger partial charge in [-0.05, 0) is 25.5 Å². The van der Waals surface area contributed by atoms with Gasteiger partial charge < -0.3 is 16.0 Å². The molecule has 1 atom stereocenters. The zero-order valence-electron chi connectivity index (χ0n) is 16.5. The molecule has 2 heterocycles.